The van der Waals surface area contributed by atoms with Gasteiger partial charge in [0.2, 0.25) is 0 Å². The molecule has 1 atom stereocenters. The number of carbonyl (C=O) groups is 1. The van der Waals surface area contributed by atoms with Gasteiger partial charge in [0.15, 0.2) is 11.5 Å². The van der Waals surface area contributed by atoms with Gasteiger partial charge in [0.05, 0.1) is 5.56 Å². The lowest BCUT2D eigenvalue weighted by Crippen LogP contribution is -2.31. The number of amides is 1. The van der Waals surface area contributed by atoms with Crippen LogP contribution in [0.4, 0.5) is 0 Å². The van der Waals surface area contributed by atoms with Crippen LogP contribution < -0.4 is 14.8 Å². The number of ether oxygens (including phenoxy) is 2. The summed E-state index contributed by atoms with van der Waals surface area (Å²) in [5.74, 6) is 1.86. The third-order valence-corrected chi connectivity index (χ3v) is 3.86. The number of rotatable bonds is 3. The molecular formula is C15H20N2O3. The smallest absolute Gasteiger partial charge is 0.257 e. The average molecular weight is 276 g/mol. The summed E-state index contributed by atoms with van der Waals surface area (Å²) in [7, 11) is 1.95. The van der Waals surface area contributed by atoms with Crippen LogP contribution in [-0.4, -0.2) is 50.7 Å². The molecule has 2 aliphatic heterocycles. The Morgan fingerprint density at radius 1 is 1.40 bits per heavy atom. The maximum absolute atomic E-state index is 12.6. The maximum Gasteiger partial charge on any atom is 0.257 e. The molecule has 0 radical (unpaired) electrons. The van der Waals surface area contributed by atoms with Crippen molar-refractivity contribution < 1.29 is 14.3 Å². The van der Waals surface area contributed by atoms with Crippen molar-refractivity contribution in [1.29, 1.82) is 0 Å². The van der Waals surface area contributed by atoms with Crippen molar-refractivity contribution in [3.63, 3.8) is 0 Å². The lowest BCUT2D eigenvalue weighted by Gasteiger charge is -2.23. The van der Waals surface area contributed by atoms with E-state index in [9.17, 15) is 4.79 Å². The van der Waals surface area contributed by atoms with Crippen molar-refractivity contribution in [2.75, 3.05) is 39.9 Å². The van der Waals surface area contributed by atoms with Gasteiger partial charge >= 0.3 is 0 Å². The normalized spacial score (nSPS) is 21.1. The lowest BCUT2D eigenvalue weighted by molar-refractivity contribution is 0.0776. The monoisotopic (exact) mass is 276 g/mol. The van der Waals surface area contributed by atoms with Crippen molar-refractivity contribution in [2.24, 2.45) is 5.92 Å². The van der Waals surface area contributed by atoms with E-state index in [1.807, 2.05) is 30.1 Å². The van der Waals surface area contributed by atoms with Crippen LogP contribution in [0.15, 0.2) is 18.2 Å². The van der Waals surface area contributed by atoms with E-state index in [-0.39, 0.29) is 5.91 Å². The molecule has 108 valence electrons. The predicted octanol–water partition coefficient (Wildman–Crippen LogP) is 1.14. The van der Waals surface area contributed by atoms with E-state index >= 15 is 0 Å². The Hall–Kier alpha value is -1.75. The minimum Gasteiger partial charge on any atom is -0.486 e. The first-order chi connectivity index (χ1) is 9.79. The van der Waals surface area contributed by atoms with Gasteiger partial charge in [-0.05, 0) is 38.1 Å². The molecular weight excluding hydrogens is 256 g/mol. The van der Waals surface area contributed by atoms with E-state index in [0.717, 1.165) is 26.1 Å². The number of nitrogens with zero attached hydrogens (tertiary/aromatic N) is 1. The van der Waals surface area contributed by atoms with Gasteiger partial charge in [-0.3, -0.25) is 4.79 Å². The molecule has 1 aromatic rings. The Morgan fingerprint density at radius 2 is 2.25 bits per heavy atom. The molecule has 1 fully saturated rings. The fraction of sp³-hybridized carbons (Fsp3) is 0.533. The lowest BCUT2D eigenvalue weighted by atomic mass is 10.1. The first-order valence-electron chi connectivity index (χ1n) is 7.12. The van der Waals surface area contributed by atoms with Crippen LogP contribution >= 0.6 is 0 Å². The van der Waals surface area contributed by atoms with Gasteiger partial charge in [-0.2, -0.15) is 0 Å². The Bertz CT molecular complexity index is 504. The highest BCUT2D eigenvalue weighted by molar-refractivity contribution is 5.98. The molecule has 0 unspecified atom stereocenters. The molecule has 0 saturated carbocycles. The minimum atomic E-state index is 0.0472. The zero-order chi connectivity index (χ0) is 13.9. The van der Waals surface area contributed by atoms with E-state index < -0.39 is 0 Å². The number of hydrogen-bond acceptors (Lipinski definition) is 4. The van der Waals surface area contributed by atoms with Crippen LogP contribution in [-0.2, 0) is 0 Å². The molecule has 20 heavy (non-hydrogen) atoms. The van der Waals surface area contributed by atoms with Gasteiger partial charge in [0.1, 0.15) is 13.2 Å². The van der Waals surface area contributed by atoms with E-state index in [2.05, 4.69) is 5.32 Å². The molecule has 0 aliphatic carbocycles. The van der Waals surface area contributed by atoms with Crippen molar-refractivity contribution in [2.45, 2.75) is 6.42 Å². The summed E-state index contributed by atoms with van der Waals surface area (Å²) >= 11 is 0. The molecule has 5 heteroatoms. The van der Waals surface area contributed by atoms with Gasteiger partial charge in [-0.15, -0.1) is 0 Å². The summed E-state index contributed by atoms with van der Waals surface area (Å²) < 4.78 is 11.2. The summed E-state index contributed by atoms with van der Waals surface area (Å²) in [5.41, 5.74) is 0.618. The second kappa shape index (κ2) is 5.71. The first-order valence-corrected chi connectivity index (χ1v) is 7.12. The Kier molecular flexibility index (Phi) is 3.78. The molecule has 0 spiro atoms. The van der Waals surface area contributed by atoms with E-state index in [1.165, 1.54) is 0 Å². The zero-order valence-electron chi connectivity index (χ0n) is 11.7. The van der Waals surface area contributed by atoms with E-state index in [0.29, 0.717) is 36.2 Å². The summed E-state index contributed by atoms with van der Waals surface area (Å²) in [5, 5.41) is 3.18. The second-order valence-corrected chi connectivity index (χ2v) is 5.29. The highest BCUT2D eigenvalue weighted by Gasteiger charge is 2.29. The number of likely N-dealkylation sites (tertiary alicyclic amines) is 1. The largest absolute Gasteiger partial charge is 0.486 e. The van der Waals surface area contributed by atoms with Gasteiger partial charge in [-0.1, -0.05) is 6.07 Å². The summed E-state index contributed by atoms with van der Waals surface area (Å²) in [6.07, 6.45) is 1.05. The number of benzene rings is 1. The van der Waals surface area contributed by atoms with Crippen molar-refractivity contribution in [3.05, 3.63) is 23.8 Å². The molecule has 5 nitrogen and oxygen atoms in total. The zero-order valence-corrected chi connectivity index (χ0v) is 11.7. The number of carbonyl (C=O) groups excluding carboxylic acids is 1. The molecule has 3 rings (SSSR count). The molecule has 0 aromatic heterocycles. The SMILES string of the molecule is CNC[C@@H]1CCN(C(=O)c2cccc3c2OCCO3)C1. The molecule has 1 amide bonds. The molecule has 2 aliphatic rings. The highest BCUT2D eigenvalue weighted by Crippen LogP contribution is 2.34. The summed E-state index contributed by atoms with van der Waals surface area (Å²) in [4.78, 5) is 14.6. The molecule has 1 N–H and O–H groups in total. The quantitative estimate of drug-likeness (QED) is 0.899. The highest BCUT2D eigenvalue weighted by atomic mass is 16.6. The maximum atomic E-state index is 12.6. The predicted molar refractivity (Wildman–Crippen MR) is 75.4 cm³/mol. The second-order valence-electron chi connectivity index (χ2n) is 5.29. The van der Waals surface area contributed by atoms with Crippen LogP contribution in [0.25, 0.3) is 0 Å². The van der Waals surface area contributed by atoms with Crippen molar-refractivity contribution in [3.8, 4) is 11.5 Å². The first kappa shape index (κ1) is 13.2. The molecule has 1 saturated heterocycles. The van der Waals surface area contributed by atoms with E-state index in [4.69, 9.17) is 9.47 Å². The van der Waals surface area contributed by atoms with Gasteiger partial charge in [-0.25, -0.2) is 0 Å². The van der Waals surface area contributed by atoms with Crippen molar-refractivity contribution >= 4 is 5.91 Å². The third-order valence-electron chi connectivity index (χ3n) is 3.86. The van der Waals surface area contributed by atoms with Crippen LogP contribution in [0.1, 0.15) is 16.8 Å². The Labute approximate surface area is 118 Å². The molecule has 1 aromatic carbocycles. The van der Waals surface area contributed by atoms with Crippen molar-refractivity contribution in [1.82, 2.24) is 10.2 Å². The average Bonchev–Trinajstić information content (AvgIpc) is 2.95. The van der Waals surface area contributed by atoms with Crippen LogP contribution in [0, 0.1) is 5.92 Å². The fourth-order valence-corrected chi connectivity index (χ4v) is 2.88. The minimum absolute atomic E-state index is 0.0472. The van der Waals surface area contributed by atoms with Crippen LogP contribution in [0.2, 0.25) is 0 Å². The molecule has 0 bridgehead atoms. The number of nitrogens with one attached hydrogen (secondary N) is 1. The number of fused-ring (bicyclic) bond motifs is 1. The third kappa shape index (κ3) is 2.45. The van der Waals surface area contributed by atoms with E-state index in [1.54, 1.807) is 0 Å². The number of hydrogen-bond donors (Lipinski definition) is 1. The summed E-state index contributed by atoms with van der Waals surface area (Å²) in [6.45, 7) is 3.62. The molecule has 2 heterocycles. The van der Waals surface area contributed by atoms with Crippen LogP contribution in [0.3, 0.4) is 0 Å². The standard InChI is InChI=1S/C15H20N2O3/c1-16-9-11-5-6-17(10-11)15(18)12-3-2-4-13-14(12)20-8-7-19-13/h2-4,11,16H,5-10H2,1H3/t11-/m0/s1. The Balaban J connectivity index is 1.78. The topological polar surface area (TPSA) is 50.8 Å². The summed E-state index contributed by atoms with van der Waals surface area (Å²) in [6, 6.07) is 5.52. The van der Waals surface area contributed by atoms with Crippen LogP contribution in [0.5, 0.6) is 11.5 Å². The van der Waals surface area contributed by atoms with Gasteiger partial charge in [0.25, 0.3) is 5.91 Å². The number of para-hydroxylation sites is 1. The van der Waals surface area contributed by atoms with Gasteiger partial charge in [0, 0.05) is 13.1 Å². The van der Waals surface area contributed by atoms with Gasteiger partial charge < -0.3 is 19.7 Å². The Morgan fingerprint density at radius 3 is 3.10 bits per heavy atom. The fourth-order valence-electron chi connectivity index (χ4n) is 2.88.